The third-order valence-electron chi connectivity index (χ3n) is 2.22. The maximum absolute atomic E-state index is 11.5. The third kappa shape index (κ3) is 7.17. The average Bonchev–Trinajstić information content (AvgIpc) is 2.75. The molecule has 2 amide bonds. The molecule has 1 aromatic heterocycles. The van der Waals surface area contributed by atoms with Gasteiger partial charge in [0.1, 0.15) is 0 Å². The predicted molar refractivity (Wildman–Crippen MR) is 78.4 cm³/mol. The number of alkyl carbamates (subject to hydrolysis) is 1. The molecule has 2 N–H and O–H groups in total. The maximum atomic E-state index is 11.5. The van der Waals surface area contributed by atoms with Crippen molar-refractivity contribution in [2.75, 3.05) is 19.7 Å². The number of amides is 2. The van der Waals surface area contributed by atoms with Crippen LogP contribution < -0.4 is 10.6 Å². The number of ether oxygens (including phenoxy) is 1. The zero-order chi connectivity index (χ0) is 14.1. The number of hydrogen-bond acceptors (Lipinski definition) is 4. The van der Waals surface area contributed by atoms with Crippen LogP contribution in [-0.2, 0) is 16.0 Å². The lowest BCUT2D eigenvalue weighted by Gasteiger charge is -2.06. The highest BCUT2D eigenvalue weighted by molar-refractivity contribution is 9.11. The van der Waals surface area contributed by atoms with E-state index in [-0.39, 0.29) is 18.9 Å². The Labute approximate surface area is 124 Å². The SMILES string of the molecule is CCOC(=O)NCCC(=O)NCCc1ccc(Br)s1. The molecule has 0 fully saturated rings. The first kappa shape index (κ1) is 16.0. The van der Waals surface area contributed by atoms with Crippen LogP contribution >= 0.6 is 27.3 Å². The first-order chi connectivity index (χ1) is 9.11. The molecule has 1 rings (SSSR count). The van der Waals surface area contributed by atoms with E-state index in [1.165, 1.54) is 4.88 Å². The molecule has 0 aromatic carbocycles. The van der Waals surface area contributed by atoms with Crippen molar-refractivity contribution in [1.82, 2.24) is 10.6 Å². The minimum absolute atomic E-state index is 0.0765. The van der Waals surface area contributed by atoms with Crippen molar-refractivity contribution < 1.29 is 14.3 Å². The Kier molecular flexibility index (Phi) is 7.50. The topological polar surface area (TPSA) is 67.4 Å². The highest BCUT2D eigenvalue weighted by Crippen LogP contribution is 2.21. The van der Waals surface area contributed by atoms with E-state index in [1.54, 1.807) is 18.3 Å². The molecule has 0 radical (unpaired) electrons. The van der Waals surface area contributed by atoms with Gasteiger partial charge in [-0.05, 0) is 41.4 Å². The lowest BCUT2D eigenvalue weighted by atomic mass is 10.3. The number of halogens is 1. The van der Waals surface area contributed by atoms with Gasteiger partial charge in [-0.2, -0.15) is 0 Å². The predicted octanol–water partition coefficient (Wildman–Crippen LogP) is 2.31. The highest BCUT2D eigenvalue weighted by Gasteiger charge is 2.04. The Balaban J connectivity index is 2.06. The smallest absolute Gasteiger partial charge is 0.407 e. The van der Waals surface area contributed by atoms with Crippen molar-refractivity contribution in [1.29, 1.82) is 0 Å². The zero-order valence-corrected chi connectivity index (χ0v) is 13.1. The zero-order valence-electron chi connectivity index (χ0n) is 10.7. The Bertz CT molecular complexity index is 423. The second-order valence-electron chi connectivity index (χ2n) is 3.70. The molecule has 0 aliphatic heterocycles. The van der Waals surface area contributed by atoms with E-state index in [1.807, 2.05) is 12.1 Å². The summed E-state index contributed by atoms with van der Waals surface area (Å²) in [4.78, 5) is 23.6. The van der Waals surface area contributed by atoms with Crippen LogP contribution in [0.3, 0.4) is 0 Å². The largest absolute Gasteiger partial charge is 0.450 e. The monoisotopic (exact) mass is 348 g/mol. The number of carbonyl (C=O) groups is 2. The number of thiophene rings is 1. The molecule has 0 atom stereocenters. The molecule has 0 bridgehead atoms. The number of rotatable bonds is 7. The molecule has 5 nitrogen and oxygen atoms in total. The number of hydrogen-bond donors (Lipinski definition) is 2. The van der Waals surface area contributed by atoms with Crippen molar-refractivity contribution in [3.63, 3.8) is 0 Å². The van der Waals surface area contributed by atoms with Crippen molar-refractivity contribution in [3.8, 4) is 0 Å². The number of carbonyl (C=O) groups excluding carboxylic acids is 2. The average molecular weight is 349 g/mol. The molecular weight excluding hydrogens is 332 g/mol. The lowest BCUT2D eigenvalue weighted by Crippen LogP contribution is -2.31. The summed E-state index contributed by atoms with van der Waals surface area (Å²) in [6, 6.07) is 4.02. The minimum Gasteiger partial charge on any atom is -0.450 e. The van der Waals surface area contributed by atoms with Gasteiger partial charge in [0.15, 0.2) is 0 Å². The molecule has 7 heteroatoms. The Morgan fingerprint density at radius 1 is 1.32 bits per heavy atom. The lowest BCUT2D eigenvalue weighted by molar-refractivity contribution is -0.120. The second kappa shape index (κ2) is 8.92. The van der Waals surface area contributed by atoms with Crippen molar-refractivity contribution in [2.24, 2.45) is 0 Å². The molecular formula is C12H17BrN2O3S. The summed E-state index contributed by atoms with van der Waals surface area (Å²) in [6.45, 7) is 2.95. The van der Waals surface area contributed by atoms with Crippen LogP contribution in [0.25, 0.3) is 0 Å². The van der Waals surface area contributed by atoms with E-state index in [9.17, 15) is 9.59 Å². The molecule has 0 saturated carbocycles. The summed E-state index contributed by atoms with van der Waals surface area (Å²) in [5.41, 5.74) is 0. The second-order valence-corrected chi connectivity index (χ2v) is 6.25. The van der Waals surface area contributed by atoms with Gasteiger partial charge in [0, 0.05) is 24.4 Å². The van der Waals surface area contributed by atoms with Crippen LogP contribution in [-0.4, -0.2) is 31.7 Å². The van der Waals surface area contributed by atoms with Crippen LogP contribution in [0.5, 0.6) is 0 Å². The van der Waals surface area contributed by atoms with Crippen LogP contribution in [0.2, 0.25) is 0 Å². The molecule has 1 aromatic rings. The summed E-state index contributed by atoms with van der Waals surface area (Å²) >= 11 is 5.05. The molecule has 0 aliphatic carbocycles. The van der Waals surface area contributed by atoms with Crippen LogP contribution in [0.1, 0.15) is 18.2 Å². The standard InChI is InChI=1S/C12H17BrN2O3S/c1-2-18-12(17)15-8-6-11(16)14-7-5-9-3-4-10(13)19-9/h3-4H,2,5-8H2,1H3,(H,14,16)(H,15,17). The fourth-order valence-corrected chi connectivity index (χ4v) is 2.84. The van der Waals surface area contributed by atoms with Crippen LogP contribution in [0, 0.1) is 0 Å². The van der Waals surface area contributed by atoms with Crippen LogP contribution in [0.4, 0.5) is 4.79 Å². The van der Waals surface area contributed by atoms with E-state index in [2.05, 4.69) is 31.3 Å². The van der Waals surface area contributed by atoms with E-state index in [4.69, 9.17) is 0 Å². The van der Waals surface area contributed by atoms with Crippen molar-refractivity contribution in [2.45, 2.75) is 19.8 Å². The molecule has 0 spiro atoms. The minimum atomic E-state index is -0.487. The molecule has 0 unspecified atom stereocenters. The quantitative estimate of drug-likeness (QED) is 0.794. The molecule has 1 heterocycles. The Morgan fingerprint density at radius 3 is 2.74 bits per heavy atom. The molecule has 106 valence electrons. The van der Waals surface area contributed by atoms with Gasteiger partial charge in [-0.15, -0.1) is 11.3 Å². The normalized spacial score (nSPS) is 10.0. The molecule has 0 aliphatic rings. The van der Waals surface area contributed by atoms with Crippen molar-refractivity contribution >= 4 is 39.3 Å². The van der Waals surface area contributed by atoms with Crippen molar-refractivity contribution in [3.05, 3.63) is 20.8 Å². The summed E-state index contributed by atoms with van der Waals surface area (Å²) in [6.07, 6.45) is 0.582. The summed E-state index contributed by atoms with van der Waals surface area (Å²) in [7, 11) is 0. The first-order valence-corrected chi connectivity index (χ1v) is 7.64. The van der Waals surface area contributed by atoms with Gasteiger partial charge in [0.2, 0.25) is 5.91 Å². The van der Waals surface area contributed by atoms with Crippen LogP contribution in [0.15, 0.2) is 15.9 Å². The highest BCUT2D eigenvalue weighted by atomic mass is 79.9. The summed E-state index contributed by atoms with van der Waals surface area (Å²) < 4.78 is 5.77. The van der Waals surface area contributed by atoms with Gasteiger partial charge in [-0.1, -0.05) is 0 Å². The van der Waals surface area contributed by atoms with E-state index in [0.29, 0.717) is 13.2 Å². The fourth-order valence-electron chi connectivity index (χ4n) is 1.36. The Hall–Kier alpha value is -1.08. The Morgan fingerprint density at radius 2 is 2.11 bits per heavy atom. The van der Waals surface area contributed by atoms with Gasteiger partial charge < -0.3 is 15.4 Å². The van der Waals surface area contributed by atoms with E-state index < -0.39 is 6.09 Å². The van der Waals surface area contributed by atoms with Gasteiger partial charge >= 0.3 is 6.09 Å². The van der Waals surface area contributed by atoms with E-state index in [0.717, 1.165) is 10.2 Å². The molecule has 19 heavy (non-hydrogen) atoms. The van der Waals surface area contributed by atoms with Gasteiger partial charge in [0.25, 0.3) is 0 Å². The summed E-state index contributed by atoms with van der Waals surface area (Å²) in [5, 5.41) is 5.31. The van der Waals surface area contributed by atoms with E-state index >= 15 is 0 Å². The number of nitrogens with one attached hydrogen (secondary N) is 2. The maximum Gasteiger partial charge on any atom is 0.407 e. The van der Waals surface area contributed by atoms with Gasteiger partial charge in [-0.3, -0.25) is 4.79 Å². The summed E-state index contributed by atoms with van der Waals surface area (Å²) in [5.74, 6) is -0.0765. The third-order valence-corrected chi connectivity index (χ3v) is 3.90. The fraction of sp³-hybridized carbons (Fsp3) is 0.500. The van der Waals surface area contributed by atoms with Gasteiger partial charge in [0.05, 0.1) is 10.4 Å². The molecule has 0 saturated heterocycles. The first-order valence-electron chi connectivity index (χ1n) is 6.03. The van der Waals surface area contributed by atoms with Gasteiger partial charge in [-0.25, -0.2) is 4.79 Å².